The molecule has 0 bridgehead atoms. The van der Waals surface area contributed by atoms with Crippen LogP contribution in [0.25, 0.3) is 4.98 Å². The van der Waals surface area contributed by atoms with Gasteiger partial charge in [0.1, 0.15) is 0 Å². The lowest BCUT2D eigenvalue weighted by Crippen LogP contribution is -3.00. The van der Waals surface area contributed by atoms with Crippen molar-refractivity contribution in [3.05, 3.63) is 14.6 Å². The highest BCUT2D eigenvalue weighted by molar-refractivity contribution is 14.1. The van der Waals surface area contributed by atoms with Crippen molar-refractivity contribution in [3.63, 3.8) is 0 Å². The third kappa shape index (κ3) is 3.68. The fourth-order valence-corrected chi connectivity index (χ4v) is 4.26. The smallest absolute Gasteiger partial charge is 0.448 e. The molecule has 0 spiro atoms. The van der Waals surface area contributed by atoms with Gasteiger partial charge in [0, 0.05) is 3.57 Å². The number of rotatable bonds is 3. The highest BCUT2D eigenvalue weighted by Gasteiger charge is 2.37. The first-order valence-electron chi connectivity index (χ1n) is 4.24. The Balaban J connectivity index is 0.00000361. The maximum atomic E-state index is 11.2. The second kappa shape index (κ2) is 6.37. The number of ether oxygens (including phenoxy) is 1. The molecule has 1 aromatic rings. The van der Waals surface area contributed by atoms with Crippen LogP contribution in [0.5, 0.6) is 5.75 Å². The van der Waals surface area contributed by atoms with Crippen LogP contribution >= 0.6 is 22.6 Å². The van der Waals surface area contributed by atoms with Crippen LogP contribution in [-0.4, -0.2) is 33.1 Å². The monoisotopic (exact) mass is 456 g/mol. The van der Waals surface area contributed by atoms with Crippen molar-refractivity contribution in [3.8, 4) is 5.75 Å². The van der Waals surface area contributed by atoms with E-state index >= 15 is 0 Å². The Bertz CT molecular complexity index is 784. The SMILES string of the molecule is COc1c([N+]#N)c(S(=O)(=O)O)cc(I)c1S(=O)(=O)O.[Cl-]. The van der Waals surface area contributed by atoms with E-state index in [1.165, 1.54) is 22.6 Å². The fourth-order valence-electron chi connectivity index (χ4n) is 1.30. The molecular formula is C7H6ClIN2O7S2. The van der Waals surface area contributed by atoms with E-state index in [1.807, 2.05) is 0 Å². The maximum Gasteiger partial charge on any atom is 0.448 e. The first kappa shape index (κ1) is 19.3. The minimum atomic E-state index is -4.78. The number of methoxy groups -OCH3 is 1. The molecule has 20 heavy (non-hydrogen) atoms. The number of benzene rings is 1. The Labute approximate surface area is 134 Å². The predicted octanol–water partition coefficient (Wildman–Crippen LogP) is -1.72. The van der Waals surface area contributed by atoms with Crippen molar-refractivity contribution >= 4 is 48.5 Å². The van der Waals surface area contributed by atoms with Crippen molar-refractivity contribution in [1.29, 1.82) is 5.39 Å². The number of diazo groups is 1. The van der Waals surface area contributed by atoms with Crippen LogP contribution in [0.3, 0.4) is 0 Å². The molecule has 0 saturated carbocycles. The van der Waals surface area contributed by atoms with Crippen molar-refractivity contribution in [1.82, 2.24) is 0 Å². The van der Waals surface area contributed by atoms with Crippen molar-refractivity contribution < 1.29 is 43.1 Å². The lowest BCUT2D eigenvalue weighted by Gasteiger charge is -2.07. The molecule has 9 nitrogen and oxygen atoms in total. The number of hydrogen-bond donors (Lipinski definition) is 2. The largest absolute Gasteiger partial charge is 1.00 e. The van der Waals surface area contributed by atoms with Gasteiger partial charge in [-0.25, -0.2) is 0 Å². The molecule has 0 aliphatic carbocycles. The van der Waals surface area contributed by atoms with Crippen LogP contribution in [0.15, 0.2) is 15.9 Å². The first-order valence-corrected chi connectivity index (χ1v) is 8.20. The van der Waals surface area contributed by atoms with Crippen LogP contribution in [0, 0.1) is 8.96 Å². The molecule has 13 heteroatoms. The average Bonchev–Trinajstić information content (AvgIpc) is 2.24. The zero-order chi connectivity index (χ0) is 15.0. The van der Waals surface area contributed by atoms with Gasteiger partial charge in [0.25, 0.3) is 10.1 Å². The summed E-state index contributed by atoms with van der Waals surface area (Å²) in [5.74, 6) is -0.704. The van der Waals surface area contributed by atoms with Gasteiger partial charge in [-0.1, -0.05) is 0 Å². The zero-order valence-electron chi connectivity index (χ0n) is 9.48. The molecule has 112 valence electrons. The molecule has 1 rings (SSSR count). The van der Waals surface area contributed by atoms with E-state index in [0.717, 1.165) is 13.2 Å². The van der Waals surface area contributed by atoms with Gasteiger partial charge in [-0.15, -0.1) is 0 Å². The summed E-state index contributed by atoms with van der Waals surface area (Å²) < 4.78 is 67.0. The topological polar surface area (TPSA) is 146 Å². The molecule has 0 unspecified atom stereocenters. The minimum Gasteiger partial charge on any atom is -1.00 e. The van der Waals surface area contributed by atoms with Gasteiger partial charge in [0.15, 0.2) is 14.8 Å². The van der Waals surface area contributed by atoms with E-state index in [1.54, 1.807) is 0 Å². The molecule has 0 atom stereocenters. The average molecular weight is 457 g/mol. The molecule has 0 aliphatic heterocycles. The highest BCUT2D eigenvalue weighted by atomic mass is 127. The van der Waals surface area contributed by atoms with Gasteiger partial charge in [-0.3, -0.25) is 9.11 Å². The summed E-state index contributed by atoms with van der Waals surface area (Å²) in [7, 11) is -8.55. The summed E-state index contributed by atoms with van der Waals surface area (Å²) >= 11 is 1.42. The minimum absolute atomic E-state index is 0. The van der Waals surface area contributed by atoms with Gasteiger partial charge in [-0.05, 0) is 28.7 Å². The van der Waals surface area contributed by atoms with Gasteiger partial charge >= 0.3 is 15.8 Å². The Morgan fingerprint density at radius 1 is 1.25 bits per heavy atom. The van der Waals surface area contributed by atoms with Gasteiger partial charge in [0.2, 0.25) is 11.1 Å². The van der Waals surface area contributed by atoms with Crippen LogP contribution in [-0.2, 0) is 20.2 Å². The number of hydrogen-bond acceptors (Lipinski definition) is 6. The Kier molecular flexibility index (Phi) is 6.14. The van der Waals surface area contributed by atoms with E-state index in [0.29, 0.717) is 0 Å². The van der Waals surface area contributed by atoms with Gasteiger partial charge < -0.3 is 17.1 Å². The molecule has 0 aromatic heterocycles. The molecule has 1 aromatic carbocycles. The molecule has 0 amide bonds. The lowest BCUT2D eigenvalue weighted by atomic mass is 10.3. The van der Waals surface area contributed by atoms with Crippen LogP contribution in [0.4, 0.5) is 5.69 Å². The second-order valence-corrected chi connectivity index (χ2v) is 7.03. The van der Waals surface area contributed by atoms with E-state index in [4.69, 9.17) is 14.5 Å². The van der Waals surface area contributed by atoms with Gasteiger partial charge in [-0.2, -0.15) is 16.8 Å². The third-order valence-corrected chi connectivity index (χ3v) is 4.97. The normalized spacial score (nSPS) is 11.3. The first-order chi connectivity index (χ1) is 8.54. The second-order valence-electron chi connectivity index (χ2n) is 3.12. The van der Waals surface area contributed by atoms with E-state index in [2.05, 4.69) is 9.71 Å². The lowest BCUT2D eigenvalue weighted by molar-refractivity contribution is -0.0000126. The standard InChI is InChI=1S/C7H5IN2O7S2.ClH/c1-17-6-5(10-9)4(18(11,12)13)2-3(8)7(6)19(14,15)16;/h2H,1H3,(H-,11,12,13,14,15,16);1H. The summed E-state index contributed by atoms with van der Waals surface area (Å²) in [6, 6.07) is 0.719. The maximum absolute atomic E-state index is 11.2. The van der Waals surface area contributed by atoms with Crippen molar-refractivity contribution in [2.75, 3.05) is 7.11 Å². The number of nitrogens with zero attached hydrogens (tertiary/aromatic N) is 2. The van der Waals surface area contributed by atoms with Crippen molar-refractivity contribution in [2.24, 2.45) is 0 Å². The van der Waals surface area contributed by atoms with Crippen LogP contribution < -0.4 is 17.1 Å². The predicted molar refractivity (Wildman–Crippen MR) is 70.1 cm³/mol. The summed E-state index contributed by atoms with van der Waals surface area (Å²) in [6.07, 6.45) is 0. The number of halogens is 2. The molecule has 0 fully saturated rings. The third-order valence-electron chi connectivity index (χ3n) is 1.97. The van der Waals surface area contributed by atoms with Gasteiger partial charge in [0.05, 0.1) is 7.11 Å². The van der Waals surface area contributed by atoms with E-state index in [9.17, 15) is 16.8 Å². The van der Waals surface area contributed by atoms with E-state index in [-0.39, 0.29) is 16.0 Å². The molecular weight excluding hydrogens is 451 g/mol. The Morgan fingerprint density at radius 2 is 1.75 bits per heavy atom. The zero-order valence-corrected chi connectivity index (χ0v) is 14.0. The Hall–Kier alpha value is -0.720. The fraction of sp³-hybridized carbons (Fsp3) is 0.143. The molecule has 0 saturated heterocycles. The van der Waals surface area contributed by atoms with Crippen LogP contribution in [0.1, 0.15) is 0 Å². The quantitative estimate of drug-likeness (QED) is 0.310. The Morgan fingerprint density at radius 3 is 2.05 bits per heavy atom. The van der Waals surface area contributed by atoms with E-state index < -0.39 is 41.5 Å². The van der Waals surface area contributed by atoms with Crippen molar-refractivity contribution in [2.45, 2.75) is 9.79 Å². The highest BCUT2D eigenvalue weighted by Crippen LogP contribution is 2.42. The van der Waals surface area contributed by atoms with Crippen LogP contribution in [0.2, 0.25) is 0 Å². The molecule has 0 heterocycles. The summed E-state index contributed by atoms with van der Waals surface area (Å²) in [5.41, 5.74) is -0.835. The summed E-state index contributed by atoms with van der Waals surface area (Å²) in [5, 5.41) is 8.77. The molecule has 2 N–H and O–H groups in total. The summed E-state index contributed by atoms with van der Waals surface area (Å²) in [6.45, 7) is 0. The summed E-state index contributed by atoms with van der Waals surface area (Å²) in [4.78, 5) is 0.954. The molecule has 0 aliphatic rings. The molecule has 0 radical (unpaired) electrons.